The number of hydrogen-bond acceptors (Lipinski definition) is 4. The van der Waals surface area contributed by atoms with E-state index in [1.54, 1.807) is 12.1 Å². The molecule has 3 aromatic carbocycles. The van der Waals surface area contributed by atoms with Crippen LogP contribution in [-0.4, -0.2) is 25.0 Å². The number of hydrogen-bond donors (Lipinski definition) is 3. The van der Waals surface area contributed by atoms with E-state index in [1.807, 2.05) is 26.0 Å². The van der Waals surface area contributed by atoms with Crippen molar-refractivity contribution in [2.24, 2.45) is 4.99 Å². The average Bonchev–Trinajstić information content (AvgIpc) is 3.29. The molecule has 0 bridgehead atoms. The number of amides is 1. The summed E-state index contributed by atoms with van der Waals surface area (Å²) in [6, 6.07) is 16.1. The molecule has 0 atom stereocenters. The van der Waals surface area contributed by atoms with Crippen LogP contribution in [0.3, 0.4) is 0 Å². The van der Waals surface area contributed by atoms with E-state index in [0.717, 1.165) is 46.9 Å². The highest BCUT2D eigenvalue weighted by Crippen LogP contribution is 2.30. The first kappa shape index (κ1) is 22.8. The van der Waals surface area contributed by atoms with Gasteiger partial charge in [0.2, 0.25) is 0 Å². The molecule has 0 saturated carbocycles. The number of carbonyl (C=O) groups is 1. The van der Waals surface area contributed by atoms with Crippen molar-refractivity contribution in [1.29, 1.82) is 0 Å². The maximum atomic E-state index is 13.6. The second kappa shape index (κ2) is 10.0. The molecule has 5 nitrogen and oxygen atoms in total. The molecule has 3 N–H and O–H groups in total. The molecule has 1 heterocycles. The van der Waals surface area contributed by atoms with E-state index in [1.165, 1.54) is 12.1 Å². The Labute approximate surface area is 198 Å². The Morgan fingerprint density at radius 2 is 1.79 bits per heavy atom. The maximum Gasteiger partial charge on any atom is 0.251 e. The second-order valence-electron chi connectivity index (χ2n) is 8.23. The third kappa shape index (κ3) is 5.90. The van der Waals surface area contributed by atoms with Crippen LogP contribution in [0, 0.1) is 19.7 Å². The standard InChI is InChI=1S/C26H26ClFN4O/c1-16-7-17(2)9-18(8-16)14-31-25(33)21-11-19(15-32-26-29-5-6-30-26)10-20(12-21)23-4-3-22(28)13-24(23)27/h3-4,7-13H,5-6,14-15H2,1-2H3,(H,31,33)(H2,29,30,32). The van der Waals surface area contributed by atoms with E-state index < -0.39 is 5.82 Å². The summed E-state index contributed by atoms with van der Waals surface area (Å²) in [7, 11) is 0. The van der Waals surface area contributed by atoms with Crippen LogP contribution < -0.4 is 16.0 Å². The van der Waals surface area contributed by atoms with Gasteiger partial charge >= 0.3 is 0 Å². The molecule has 170 valence electrons. The van der Waals surface area contributed by atoms with Crippen LogP contribution in [0.15, 0.2) is 59.6 Å². The summed E-state index contributed by atoms with van der Waals surface area (Å²) >= 11 is 6.31. The van der Waals surface area contributed by atoms with Gasteiger partial charge in [-0.05, 0) is 66.9 Å². The topological polar surface area (TPSA) is 65.5 Å². The number of halogens is 2. The second-order valence-corrected chi connectivity index (χ2v) is 8.64. The fraction of sp³-hybridized carbons (Fsp3) is 0.231. The van der Waals surface area contributed by atoms with Crippen LogP contribution in [0.2, 0.25) is 5.02 Å². The minimum absolute atomic E-state index is 0.188. The molecule has 0 unspecified atom stereocenters. The van der Waals surface area contributed by atoms with Crippen molar-refractivity contribution in [2.45, 2.75) is 26.9 Å². The molecule has 1 aliphatic rings. The number of carbonyl (C=O) groups excluding carboxylic acids is 1. The average molecular weight is 465 g/mol. The number of rotatable bonds is 6. The van der Waals surface area contributed by atoms with E-state index in [2.05, 4.69) is 39.1 Å². The molecule has 0 fully saturated rings. The summed E-state index contributed by atoms with van der Waals surface area (Å²) in [6.45, 7) is 6.53. The van der Waals surface area contributed by atoms with Gasteiger partial charge in [0.1, 0.15) is 5.82 Å². The molecule has 0 radical (unpaired) electrons. The van der Waals surface area contributed by atoms with Crippen molar-refractivity contribution in [3.63, 3.8) is 0 Å². The monoisotopic (exact) mass is 464 g/mol. The molecule has 4 rings (SSSR count). The highest BCUT2D eigenvalue weighted by Gasteiger charge is 2.13. The summed E-state index contributed by atoms with van der Waals surface area (Å²) in [4.78, 5) is 17.4. The van der Waals surface area contributed by atoms with E-state index in [9.17, 15) is 9.18 Å². The number of aliphatic imine (C=N–C) groups is 1. The molecule has 1 aliphatic heterocycles. The van der Waals surface area contributed by atoms with Gasteiger partial charge in [-0.3, -0.25) is 9.79 Å². The predicted octanol–water partition coefficient (Wildman–Crippen LogP) is 4.74. The normalized spacial score (nSPS) is 12.8. The summed E-state index contributed by atoms with van der Waals surface area (Å²) in [5, 5.41) is 9.72. The van der Waals surface area contributed by atoms with Gasteiger partial charge in [0, 0.05) is 30.8 Å². The lowest BCUT2D eigenvalue weighted by molar-refractivity contribution is 0.0951. The Hall–Kier alpha value is -3.38. The highest BCUT2D eigenvalue weighted by atomic mass is 35.5. The summed E-state index contributed by atoms with van der Waals surface area (Å²) in [5.41, 5.74) is 6.17. The quantitative estimate of drug-likeness (QED) is 0.493. The molecule has 0 spiro atoms. The zero-order valence-corrected chi connectivity index (χ0v) is 19.4. The maximum absolute atomic E-state index is 13.6. The lowest BCUT2D eigenvalue weighted by Crippen LogP contribution is -2.33. The van der Waals surface area contributed by atoms with Gasteiger partial charge in [-0.25, -0.2) is 4.39 Å². The minimum Gasteiger partial charge on any atom is -0.355 e. The Morgan fingerprint density at radius 1 is 1.03 bits per heavy atom. The van der Waals surface area contributed by atoms with Crippen molar-refractivity contribution in [1.82, 2.24) is 16.0 Å². The third-order valence-electron chi connectivity index (χ3n) is 5.37. The lowest BCUT2D eigenvalue weighted by Gasteiger charge is -2.13. The molecule has 0 saturated heterocycles. The zero-order valence-electron chi connectivity index (χ0n) is 18.6. The van der Waals surface area contributed by atoms with Gasteiger partial charge < -0.3 is 16.0 Å². The number of nitrogens with zero attached hydrogens (tertiary/aromatic N) is 1. The van der Waals surface area contributed by atoms with Crippen LogP contribution >= 0.6 is 11.6 Å². The summed E-state index contributed by atoms with van der Waals surface area (Å²) in [5.74, 6) is 0.145. The van der Waals surface area contributed by atoms with Gasteiger partial charge in [-0.2, -0.15) is 0 Å². The fourth-order valence-electron chi connectivity index (χ4n) is 3.96. The first-order valence-electron chi connectivity index (χ1n) is 10.8. The Balaban J connectivity index is 1.60. The molecule has 33 heavy (non-hydrogen) atoms. The lowest BCUT2D eigenvalue weighted by atomic mass is 9.99. The molecule has 0 aromatic heterocycles. The summed E-state index contributed by atoms with van der Waals surface area (Å²) < 4.78 is 13.6. The van der Waals surface area contributed by atoms with Crippen LogP contribution in [0.1, 0.15) is 32.6 Å². The zero-order chi connectivity index (χ0) is 23.4. The number of benzene rings is 3. The van der Waals surface area contributed by atoms with Crippen LogP contribution in [0.4, 0.5) is 4.39 Å². The van der Waals surface area contributed by atoms with E-state index >= 15 is 0 Å². The first-order valence-corrected chi connectivity index (χ1v) is 11.2. The predicted molar refractivity (Wildman–Crippen MR) is 131 cm³/mol. The van der Waals surface area contributed by atoms with Crippen LogP contribution in [0.5, 0.6) is 0 Å². The van der Waals surface area contributed by atoms with Crippen molar-refractivity contribution < 1.29 is 9.18 Å². The SMILES string of the molecule is Cc1cc(C)cc(CNC(=O)c2cc(CNC3=NCCN3)cc(-c3ccc(F)cc3Cl)c2)c1. The van der Waals surface area contributed by atoms with Crippen molar-refractivity contribution in [3.05, 3.63) is 93.3 Å². The van der Waals surface area contributed by atoms with Gasteiger partial charge in [0.25, 0.3) is 5.91 Å². The molecule has 7 heteroatoms. The molecule has 3 aromatic rings. The van der Waals surface area contributed by atoms with Gasteiger partial charge in [-0.15, -0.1) is 0 Å². The smallest absolute Gasteiger partial charge is 0.251 e. The highest BCUT2D eigenvalue weighted by molar-refractivity contribution is 6.33. The Morgan fingerprint density at radius 3 is 2.48 bits per heavy atom. The van der Waals surface area contributed by atoms with Gasteiger partial charge in [0.15, 0.2) is 5.96 Å². The van der Waals surface area contributed by atoms with Crippen molar-refractivity contribution in [2.75, 3.05) is 13.1 Å². The third-order valence-corrected chi connectivity index (χ3v) is 5.68. The van der Waals surface area contributed by atoms with E-state index in [0.29, 0.717) is 29.2 Å². The molecule has 0 aliphatic carbocycles. The minimum atomic E-state index is -0.404. The van der Waals surface area contributed by atoms with Crippen molar-refractivity contribution in [3.8, 4) is 11.1 Å². The number of guanidine groups is 1. The first-order chi connectivity index (χ1) is 15.9. The molecule has 1 amide bonds. The number of nitrogens with one attached hydrogen (secondary N) is 3. The Bertz CT molecular complexity index is 1200. The van der Waals surface area contributed by atoms with Crippen molar-refractivity contribution >= 4 is 23.5 Å². The fourth-order valence-corrected chi connectivity index (χ4v) is 4.24. The Kier molecular flexibility index (Phi) is 6.94. The summed E-state index contributed by atoms with van der Waals surface area (Å²) in [6.07, 6.45) is 0. The van der Waals surface area contributed by atoms with E-state index in [4.69, 9.17) is 11.6 Å². The largest absolute Gasteiger partial charge is 0.355 e. The van der Waals surface area contributed by atoms with Gasteiger partial charge in [0.05, 0.1) is 11.6 Å². The van der Waals surface area contributed by atoms with Crippen LogP contribution in [0.25, 0.3) is 11.1 Å². The molecular formula is C26H26ClFN4O. The van der Waals surface area contributed by atoms with Gasteiger partial charge in [-0.1, -0.05) is 40.9 Å². The van der Waals surface area contributed by atoms with Crippen LogP contribution in [-0.2, 0) is 13.1 Å². The van der Waals surface area contributed by atoms with E-state index in [-0.39, 0.29) is 5.91 Å². The number of aryl methyl sites for hydroxylation is 2. The molecular weight excluding hydrogens is 439 g/mol.